The monoisotopic (exact) mass is 251 g/mol. The van der Waals surface area contributed by atoms with E-state index in [1.807, 2.05) is 6.92 Å². The molecule has 0 saturated heterocycles. The Kier molecular flexibility index (Phi) is 5.10. The number of carboxylic acid groups (broad SMARTS) is 1. The number of nitrogens with one attached hydrogen (secondary N) is 1. The van der Waals surface area contributed by atoms with E-state index in [9.17, 15) is 9.59 Å². The van der Waals surface area contributed by atoms with Gasteiger partial charge in [0.2, 0.25) is 0 Å². The van der Waals surface area contributed by atoms with Crippen molar-refractivity contribution in [3.8, 4) is 0 Å². The molecule has 0 aliphatic rings. The second-order valence-corrected chi connectivity index (χ2v) is 4.00. The smallest absolute Gasteiger partial charge is 0.305 e. The van der Waals surface area contributed by atoms with Gasteiger partial charge in [0, 0.05) is 12.2 Å². The van der Waals surface area contributed by atoms with Crippen LogP contribution in [-0.4, -0.2) is 28.0 Å². The van der Waals surface area contributed by atoms with E-state index in [1.165, 1.54) is 6.20 Å². The van der Waals surface area contributed by atoms with Gasteiger partial charge >= 0.3 is 5.97 Å². The molecule has 1 amide bonds. The second-order valence-electron chi connectivity index (χ2n) is 4.00. The van der Waals surface area contributed by atoms with Gasteiger partial charge in [-0.3, -0.25) is 9.59 Å². The van der Waals surface area contributed by atoms with Crippen LogP contribution in [-0.2, 0) is 4.79 Å². The summed E-state index contributed by atoms with van der Waals surface area (Å²) < 4.78 is 0. The third-order valence-corrected chi connectivity index (χ3v) is 2.45. The Morgan fingerprint density at radius 1 is 1.56 bits per heavy atom. The van der Waals surface area contributed by atoms with E-state index in [2.05, 4.69) is 10.3 Å². The zero-order valence-electron chi connectivity index (χ0n) is 10.2. The van der Waals surface area contributed by atoms with E-state index in [0.29, 0.717) is 6.42 Å². The van der Waals surface area contributed by atoms with Gasteiger partial charge in [-0.05, 0) is 18.6 Å². The van der Waals surface area contributed by atoms with Crippen LogP contribution in [0.4, 0.5) is 5.69 Å². The summed E-state index contributed by atoms with van der Waals surface area (Å²) in [5.74, 6) is -1.38. The van der Waals surface area contributed by atoms with E-state index in [-0.39, 0.29) is 17.8 Å². The maximum absolute atomic E-state index is 11.9. The third-order valence-electron chi connectivity index (χ3n) is 2.45. The average molecular weight is 251 g/mol. The van der Waals surface area contributed by atoms with Crippen LogP contribution in [0, 0.1) is 0 Å². The third kappa shape index (κ3) is 4.04. The van der Waals surface area contributed by atoms with E-state index in [1.54, 1.807) is 12.1 Å². The number of nitrogen functional groups attached to an aromatic ring is 1. The highest BCUT2D eigenvalue weighted by molar-refractivity contribution is 5.97. The predicted molar refractivity (Wildman–Crippen MR) is 67.1 cm³/mol. The number of hydrogen-bond donors (Lipinski definition) is 3. The van der Waals surface area contributed by atoms with Crippen molar-refractivity contribution in [2.24, 2.45) is 0 Å². The van der Waals surface area contributed by atoms with Gasteiger partial charge in [-0.15, -0.1) is 0 Å². The van der Waals surface area contributed by atoms with Crippen LogP contribution in [0.15, 0.2) is 18.3 Å². The topological polar surface area (TPSA) is 105 Å². The molecule has 0 aliphatic carbocycles. The second kappa shape index (κ2) is 6.58. The van der Waals surface area contributed by atoms with Crippen LogP contribution in [0.1, 0.15) is 36.7 Å². The molecule has 1 aromatic rings. The van der Waals surface area contributed by atoms with E-state index >= 15 is 0 Å². The maximum Gasteiger partial charge on any atom is 0.305 e. The Labute approximate surface area is 105 Å². The fourth-order valence-corrected chi connectivity index (χ4v) is 1.65. The van der Waals surface area contributed by atoms with Crippen molar-refractivity contribution in [3.05, 3.63) is 24.0 Å². The number of carbonyl (C=O) groups excluding carboxylic acids is 1. The van der Waals surface area contributed by atoms with Crippen LogP contribution in [0.25, 0.3) is 0 Å². The Balaban J connectivity index is 2.72. The van der Waals surface area contributed by atoms with Gasteiger partial charge in [0.15, 0.2) is 5.69 Å². The lowest BCUT2D eigenvalue weighted by atomic mass is 10.1. The minimum Gasteiger partial charge on any atom is -0.481 e. The largest absolute Gasteiger partial charge is 0.481 e. The maximum atomic E-state index is 11.9. The standard InChI is InChI=1S/C12H17N3O3/c1-2-4-8(7-10(16)17)15-12(18)11-9(13)5-3-6-14-11/h3,5-6,8H,2,4,7,13H2,1H3,(H,15,18)(H,16,17). The lowest BCUT2D eigenvalue weighted by Gasteiger charge is -2.16. The predicted octanol–water partition coefficient (Wildman–Crippen LogP) is 1.04. The number of pyridine rings is 1. The summed E-state index contributed by atoms with van der Waals surface area (Å²) in [5, 5.41) is 11.4. The SMILES string of the molecule is CCCC(CC(=O)O)NC(=O)c1ncccc1N. The molecule has 1 rings (SSSR count). The van der Waals surface area contributed by atoms with Gasteiger partial charge in [0.25, 0.3) is 5.91 Å². The molecule has 0 bridgehead atoms. The number of nitrogens with two attached hydrogens (primary N) is 1. The lowest BCUT2D eigenvalue weighted by molar-refractivity contribution is -0.137. The zero-order chi connectivity index (χ0) is 13.5. The summed E-state index contributed by atoms with van der Waals surface area (Å²) in [6.07, 6.45) is 2.75. The van der Waals surface area contributed by atoms with Gasteiger partial charge in [-0.1, -0.05) is 13.3 Å². The first-order valence-electron chi connectivity index (χ1n) is 5.77. The van der Waals surface area contributed by atoms with Crippen molar-refractivity contribution in [2.45, 2.75) is 32.2 Å². The van der Waals surface area contributed by atoms with Crippen LogP contribution in [0.5, 0.6) is 0 Å². The Morgan fingerprint density at radius 3 is 2.83 bits per heavy atom. The molecule has 0 spiro atoms. The first-order chi connectivity index (χ1) is 8.54. The molecule has 18 heavy (non-hydrogen) atoms. The van der Waals surface area contributed by atoms with Gasteiger partial charge in [0.1, 0.15) is 0 Å². The van der Waals surface area contributed by atoms with Crippen molar-refractivity contribution in [1.29, 1.82) is 0 Å². The highest BCUT2D eigenvalue weighted by atomic mass is 16.4. The van der Waals surface area contributed by atoms with Crippen LogP contribution >= 0.6 is 0 Å². The molecule has 6 heteroatoms. The fraction of sp³-hybridized carbons (Fsp3) is 0.417. The van der Waals surface area contributed by atoms with Gasteiger partial charge < -0.3 is 16.2 Å². The molecule has 0 radical (unpaired) electrons. The molecule has 1 heterocycles. The average Bonchev–Trinajstić information content (AvgIpc) is 2.28. The summed E-state index contributed by atoms with van der Waals surface area (Å²) in [6, 6.07) is 2.81. The summed E-state index contributed by atoms with van der Waals surface area (Å²) in [5.41, 5.74) is 6.04. The number of rotatable bonds is 6. The number of nitrogens with zero attached hydrogens (tertiary/aromatic N) is 1. The summed E-state index contributed by atoms with van der Waals surface area (Å²) in [7, 11) is 0. The zero-order valence-corrected chi connectivity index (χ0v) is 10.2. The van der Waals surface area contributed by atoms with Gasteiger partial charge in [0.05, 0.1) is 12.1 Å². The van der Waals surface area contributed by atoms with Crippen molar-refractivity contribution in [3.63, 3.8) is 0 Å². The number of carbonyl (C=O) groups is 2. The number of carboxylic acids is 1. The van der Waals surface area contributed by atoms with Gasteiger partial charge in [-0.2, -0.15) is 0 Å². The molecule has 0 aliphatic heterocycles. The van der Waals surface area contributed by atoms with E-state index in [4.69, 9.17) is 10.8 Å². The first kappa shape index (κ1) is 14.0. The fourth-order valence-electron chi connectivity index (χ4n) is 1.65. The van der Waals surface area contributed by atoms with Crippen molar-refractivity contribution in [1.82, 2.24) is 10.3 Å². The van der Waals surface area contributed by atoms with Crippen molar-refractivity contribution < 1.29 is 14.7 Å². The van der Waals surface area contributed by atoms with Crippen molar-refractivity contribution >= 4 is 17.6 Å². The van der Waals surface area contributed by atoms with E-state index in [0.717, 1.165) is 6.42 Å². The summed E-state index contributed by atoms with van der Waals surface area (Å²) in [4.78, 5) is 26.4. The Morgan fingerprint density at radius 2 is 2.28 bits per heavy atom. The number of hydrogen-bond acceptors (Lipinski definition) is 4. The van der Waals surface area contributed by atoms with Gasteiger partial charge in [-0.25, -0.2) is 4.98 Å². The summed E-state index contributed by atoms with van der Waals surface area (Å²) >= 11 is 0. The molecule has 98 valence electrons. The normalized spacial score (nSPS) is 11.8. The summed E-state index contributed by atoms with van der Waals surface area (Å²) in [6.45, 7) is 1.93. The highest BCUT2D eigenvalue weighted by Gasteiger charge is 2.18. The first-order valence-corrected chi connectivity index (χ1v) is 5.77. The van der Waals surface area contributed by atoms with Crippen LogP contribution in [0.2, 0.25) is 0 Å². The molecule has 0 fully saturated rings. The van der Waals surface area contributed by atoms with Crippen molar-refractivity contribution in [2.75, 3.05) is 5.73 Å². The molecular formula is C12H17N3O3. The quantitative estimate of drug-likeness (QED) is 0.700. The highest BCUT2D eigenvalue weighted by Crippen LogP contribution is 2.09. The van der Waals surface area contributed by atoms with Crippen LogP contribution < -0.4 is 11.1 Å². The number of amides is 1. The Bertz CT molecular complexity index is 434. The Hall–Kier alpha value is -2.11. The molecular weight excluding hydrogens is 234 g/mol. The molecule has 4 N–H and O–H groups in total. The molecule has 1 aromatic heterocycles. The number of aliphatic carboxylic acids is 1. The minimum atomic E-state index is -0.942. The number of anilines is 1. The number of aromatic nitrogens is 1. The molecule has 1 unspecified atom stereocenters. The lowest BCUT2D eigenvalue weighted by Crippen LogP contribution is -2.37. The minimum absolute atomic E-state index is 0.105. The molecule has 1 atom stereocenters. The molecule has 6 nitrogen and oxygen atoms in total. The van der Waals surface area contributed by atoms with E-state index < -0.39 is 17.9 Å². The van der Waals surface area contributed by atoms with Crippen LogP contribution in [0.3, 0.4) is 0 Å². The molecule has 0 aromatic carbocycles. The molecule has 0 saturated carbocycles.